The Morgan fingerprint density at radius 3 is 3.06 bits per heavy atom. The normalized spacial score (nSPS) is 20.9. The van der Waals surface area contributed by atoms with Crippen LogP contribution in [0.5, 0.6) is 0 Å². The summed E-state index contributed by atoms with van der Waals surface area (Å²) in [7, 11) is 0. The van der Waals surface area contributed by atoms with E-state index >= 15 is 0 Å². The minimum atomic E-state index is -0.847. The number of carbonyl (C=O) groups is 1. The van der Waals surface area contributed by atoms with Crippen LogP contribution < -0.4 is 5.32 Å². The van der Waals surface area contributed by atoms with Crippen LogP contribution in [0.15, 0.2) is 22.7 Å². The zero-order valence-corrected chi connectivity index (χ0v) is 11.3. The van der Waals surface area contributed by atoms with Crippen molar-refractivity contribution in [3.63, 3.8) is 0 Å². The highest BCUT2D eigenvalue weighted by atomic mass is 79.9. The van der Waals surface area contributed by atoms with Crippen LogP contribution in [0, 0.1) is 5.82 Å². The molecule has 2 N–H and O–H groups in total. The van der Waals surface area contributed by atoms with Gasteiger partial charge in [0.25, 0.3) is 0 Å². The zero-order chi connectivity index (χ0) is 13.1. The van der Waals surface area contributed by atoms with E-state index in [1.165, 1.54) is 6.07 Å². The van der Waals surface area contributed by atoms with Gasteiger partial charge in [-0.05, 0) is 33.6 Å². The molecule has 0 saturated carbocycles. The molecule has 1 aliphatic heterocycles. The fourth-order valence-electron chi connectivity index (χ4n) is 2.05. The Morgan fingerprint density at radius 1 is 1.61 bits per heavy atom. The molecule has 1 atom stereocenters. The molecule has 0 bridgehead atoms. The summed E-state index contributed by atoms with van der Waals surface area (Å²) in [5, 5.41) is 12.2. The van der Waals surface area contributed by atoms with Gasteiger partial charge in [0.05, 0.1) is 4.47 Å². The second-order valence-corrected chi connectivity index (χ2v) is 5.13. The Labute approximate surface area is 113 Å². The first-order valence-corrected chi connectivity index (χ1v) is 6.48. The number of nitrogens with one attached hydrogen (secondary N) is 1. The van der Waals surface area contributed by atoms with E-state index in [9.17, 15) is 9.18 Å². The molecule has 0 spiro atoms. The molecule has 4 nitrogen and oxygen atoms in total. The van der Waals surface area contributed by atoms with Gasteiger partial charge in [-0.1, -0.05) is 6.07 Å². The fraction of sp³-hybridized carbons (Fsp3) is 0.417. The van der Waals surface area contributed by atoms with E-state index in [2.05, 4.69) is 21.2 Å². The Morgan fingerprint density at radius 2 is 2.39 bits per heavy atom. The minimum absolute atomic E-state index is 0.325. The van der Waals surface area contributed by atoms with Crippen molar-refractivity contribution in [1.29, 1.82) is 0 Å². The van der Waals surface area contributed by atoms with Crippen molar-refractivity contribution in [2.75, 3.05) is 19.6 Å². The number of rotatable bonds is 3. The van der Waals surface area contributed by atoms with E-state index < -0.39 is 12.0 Å². The number of benzene rings is 1. The predicted molar refractivity (Wildman–Crippen MR) is 68.8 cm³/mol. The van der Waals surface area contributed by atoms with Gasteiger partial charge in [0.2, 0.25) is 0 Å². The summed E-state index contributed by atoms with van der Waals surface area (Å²) in [4.78, 5) is 13.0. The highest BCUT2D eigenvalue weighted by Gasteiger charge is 2.28. The van der Waals surface area contributed by atoms with Gasteiger partial charge in [0.1, 0.15) is 11.9 Å². The largest absolute Gasteiger partial charge is 0.480 e. The number of carboxylic acid groups (broad SMARTS) is 1. The molecule has 0 aliphatic carbocycles. The Hall–Kier alpha value is -0.980. The fourth-order valence-corrected chi connectivity index (χ4v) is 2.30. The Kier molecular flexibility index (Phi) is 4.31. The van der Waals surface area contributed by atoms with Gasteiger partial charge in [-0.3, -0.25) is 9.69 Å². The zero-order valence-electron chi connectivity index (χ0n) is 9.70. The summed E-state index contributed by atoms with van der Waals surface area (Å²) >= 11 is 3.10. The van der Waals surface area contributed by atoms with Gasteiger partial charge in [-0.15, -0.1) is 0 Å². The lowest BCUT2D eigenvalue weighted by molar-refractivity contribution is -0.144. The second kappa shape index (κ2) is 5.77. The smallest absolute Gasteiger partial charge is 0.322 e. The van der Waals surface area contributed by atoms with Crippen LogP contribution in [0.3, 0.4) is 0 Å². The van der Waals surface area contributed by atoms with Crippen molar-refractivity contribution in [2.45, 2.75) is 12.6 Å². The molecule has 18 heavy (non-hydrogen) atoms. The highest BCUT2D eigenvalue weighted by molar-refractivity contribution is 9.10. The maximum Gasteiger partial charge on any atom is 0.322 e. The lowest BCUT2D eigenvalue weighted by Crippen LogP contribution is -2.54. The number of aliphatic carboxylic acids is 1. The highest BCUT2D eigenvalue weighted by Crippen LogP contribution is 2.18. The van der Waals surface area contributed by atoms with Crippen LogP contribution in [0.1, 0.15) is 5.56 Å². The van der Waals surface area contributed by atoms with Crippen LogP contribution >= 0.6 is 15.9 Å². The van der Waals surface area contributed by atoms with E-state index in [0.29, 0.717) is 24.1 Å². The number of hydrogen-bond acceptors (Lipinski definition) is 3. The lowest BCUT2D eigenvalue weighted by Gasteiger charge is -2.33. The molecule has 1 aromatic rings. The summed E-state index contributed by atoms with van der Waals surface area (Å²) in [6.07, 6.45) is 0. The summed E-state index contributed by atoms with van der Waals surface area (Å²) in [5.41, 5.74) is 0.781. The number of piperazine rings is 1. The first-order valence-electron chi connectivity index (χ1n) is 5.69. The monoisotopic (exact) mass is 316 g/mol. The molecule has 1 aromatic carbocycles. The molecule has 1 unspecified atom stereocenters. The van der Waals surface area contributed by atoms with E-state index in [0.717, 1.165) is 12.1 Å². The van der Waals surface area contributed by atoms with Gasteiger partial charge in [0.15, 0.2) is 0 Å². The van der Waals surface area contributed by atoms with Crippen LogP contribution in [0.25, 0.3) is 0 Å². The molecular formula is C12H14BrFN2O2. The average Bonchev–Trinajstić information content (AvgIpc) is 2.34. The molecule has 1 saturated heterocycles. The summed E-state index contributed by atoms with van der Waals surface area (Å²) in [5.74, 6) is -1.17. The molecule has 6 heteroatoms. The second-order valence-electron chi connectivity index (χ2n) is 4.28. The topological polar surface area (TPSA) is 52.6 Å². The van der Waals surface area contributed by atoms with Gasteiger partial charge in [-0.2, -0.15) is 0 Å². The molecule has 1 aliphatic rings. The van der Waals surface area contributed by atoms with Crippen molar-refractivity contribution in [1.82, 2.24) is 10.2 Å². The molecular weight excluding hydrogens is 303 g/mol. The van der Waals surface area contributed by atoms with E-state index in [-0.39, 0.29) is 5.82 Å². The molecule has 1 heterocycles. The van der Waals surface area contributed by atoms with Crippen molar-refractivity contribution < 1.29 is 14.3 Å². The van der Waals surface area contributed by atoms with Crippen LogP contribution in [0.2, 0.25) is 0 Å². The van der Waals surface area contributed by atoms with Crippen molar-refractivity contribution >= 4 is 21.9 Å². The van der Waals surface area contributed by atoms with E-state index in [4.69, 9.17) is 5.11 Å². The van der Waals surface area contributed by atoms with Crippen molar-refractivity contribution in [2.24, 2.45) is 0 Å². The number of halogens is 2. The first-order chi connectivity index (χ1) is 8.58. The quantitative estimate of drug-likeness (QED) is 0.886. The molecule has 98 valence electrons. The molecule has 0 radical (unpaired) electrons. The summed E-state index contributed by atoms with van der Waals surface area (Å²) in [6, 6.07) is 4.33. The van der Waals surface area contributed by atoms with Crippen LogP contribution in [0.4, 0.5) is 4.39 Å². The van der Waals surface area contributed by atoms with Crippen LogP contribution in [-0.2, 0) is 11.3 Å². The van der Waals surface area contributed by atoms with Gasteiger partial charge in [-0.25, -0.2) is 4.39 Å². The maximum absolute atomic E-state index is 13.4. The number of hydrogen-bond donors (Lipinski definition) is 2. The SMILES string of the molecule is O=C(O)C1CNCCN1Cc1ccc(Br)c(F)c1. The third-order valence-electron chi connectivity index (χ3n) is 3.01. The minimum Gasteiger partial charge on any atom is -0.480 e. The third kappa shape index (κ3) is 3.07. The molecule has 2 rings (SSSR count). The predicted octanol–water partition coefficient (Wildman–Crippen LogP) is 1.45. The van der Waals surface area contributed by atoms with Crippen molar-refractivity contribution in [3.8, 4) is 0 Å². The molecule has 0 aromatic heterocycles. The van der Waals surface area contributed by atoms with Crippen molar-refractivity contribution in [3.05, 3.63) is 34.1 Å². The van der Waals surface area contributed by atoms with Gasteiger partial charge in [0, 0.05) is 26.2 Å². The van der Waals surface area contributed by atoms with E-state index in [1.54, 1.807) is 12.1 Å². The Balaban J connectivity index is 2.10. The standard InChI is InChI=1S/C12H14BrFN2O2/c13-9-2-1-8(5-10(9)14)7-16-4-3-15-6-11(16)12(17)18/h1-2,5,11,15H,3-4,6-7H2,(H,17,18). The van der Waals surface area contributed by atoms with Gasteiger partial charge < -0.3 is 10.4 Å². The average molecular weight is 317 g/mol. The summed E-state index contributed by atoms with van der Waals surface area (Å²) in [6.45, 7) is 2.27. The Bertz CT molecular complexity index is 456. The first kappa shape index (κ1) is 13.5. The maximum atomic E-state index is 13.4. The van der Waals surface area contributed by atoms with E-state index in [1.807, 2.05) is 4.90 Å². The number of carboxylic acids is 1. The molecule has 1 fully saturated rings. The lowest BCUT2D eigenvalue weighted by atomic mass is 10.1. The van der Waals surface area contributed by atoms with Crippen LogP contribution in [-0.4, -0.2) is 41.7 Å². The molecule has 0 amide bonds. The number of nitrogens with zero attached hydrogens (tertiary/aromatic N) is 1. The summed E-state index contributed by atoms with van der Waals surface area (Å²) < 4.78 is 13.8. The van der Waals surface area contributed by atoms with Gasteiger partial charge >= 0.3 is 5.97 Å². The third-order valence-corrected chi connectivity index (χ3v) is 3.65.